The summed E-state index contributed by atoms with van der Waals surface area (Å²) >= 11 is 0. The molecule has 2 aromatic rings. The van der Waals surface area contributed by atoms with E-state index in [1.54, 1.807) is 31.6 Å². The quantitative estimate of drug-likeness (QED) is 0.858. The number of carbonyl (C=O) groups is 1. The largest absolute Gasteiger partial charge is 0.497 e. The van der Waals surface area contributed by atoms with Crippen LogP contribution in [-0.2, 0) is 0 Å². The maximum atomic E-state index is 12.3. The van der Waals surface area contributed by atoms with Gasteiger partial charge in [-0.1, -0.05) is 19.9 Å². The zero-order valence-corrected chi connectivity index (χ0v) is 13.1. The number of carbonyl (C=O) groups excluding carboxylic acids is 1. The second kappa shape index (κ2) is 7.45. The predicted molar refractivity (Wildman–Crippen MR) is 88.5 cm³/mol. The van der Waals surface area contributed by atoms with Gasteiger partial charge in [0.25, 0.3) is 5.91 Å². The number of hydrogen-bond donors (Lipinski definition) is 2. The molecule has 0 saturated heterocycles. The highest BCUT2D eigenvalue weighted by atomic mass is 16.5. The summed E-state index contributed by atoms with van der Waals surface area (Å²) in [5.74, 6) is 1.02. The van der Waals surface area contributed by atoms with Crippen molar-refractivity contribution in [2.45, 2.75) is 13.8 Å². The lowest BCUT2D eigenvalue weighted by atomic mass is 10.2. The van der Waals surface area contributed by atoms with E-state index in [-0.39, 0.29) is 5.91 Å². The molecule has 1 aromatic carbocycles. The van der Waals surface area contributed by atoms with Gasteiger partial charge in [0.15, 0.2) is 0 Å². The first-order valence-corrected chi connectivity index (χ1v) is 7.23. The van der Waals surface area contributed by atoms with Crippen molar-refractivity contribution in [3.8, 4) is 5.75 Å². The molecule has 1 amide bonds. The molecular weight excluding hydrogens is 278 g/mol. The van der Waals surface area contributed by atoms with Gasteiger partial charge < -0.3 is 15.4 Å². The lowest BCUT2D eigenvalue weighted by molar-refractivity contribution is 0.102. The van der Waals surface area contributed by atoms with Gasteiger partial charge in [-0.2, -0.15) is 0 Å². The van der Waals surface area contributed by atoms with E-state index in [0.29, 0.717) is 22.9 Å². The number of pyridine rings is 1. The fraction of sp³-hybridized carbons (Fsp3) is 0.294. The second-order valence-electron chi connectivity index (χ2n) is 5.42. The van der Waals surface area contributed by atoms with Crippen molar-refractivity contribution < 1.29 is 9.53 Å². The fourth-order valence-corrected chi connectivity index (χ4v) is 1.89. The molecule has 0 saturated carbocycles. The molecule has 0 radical (unpaired) electrons. The SMILES string of the molecule is COc1cccc(NC(=O)c2cncc(NCC(C)C)c2)c1. The summed E-state index contributed by atoms with van der Waals surface area (Å²) in [7, 11) is 1.59. The highest BCUT2D eigenvalue weighted by molar-refractivity contribution is 6.04. The van der Waals surface area contributed by atoms with E-state index < -0.39 is 0 Å². The highest BCUT2D eigenvalue weighted by Gasteiger charge is 2.08. The molecule has 0 fully saturated rings. The normalized spacial score (nSPS) is 10.4. The van der Waals surface area contributed by atoms with Crippen LogP contribution in [0.15, 0.2) is 42.7 Å². The van der Waals surface area contributed by atoms with Crippen LogP contribution < -0.4 is 15.4 Å². The Balaban J connectivity index is 2.07. The van der Waals surface area contributed by atoms with Gasteiger partial charge >= 0.3 is 0 Å². The Morgan fingerprint density at radius 3 is 2.77 bits per heavy atom. The van der Waals surface area contributed by atoms with E-state index in [2.05, 4.69) is 29.5 Å². The number of nitrogens with one attached hydrogen (secondary N) is 2. The molecule has 0 bridgehead atoms. The van der Waals surface area contributed by atoms with Gasteiger partial charge in [-0.05, 0) is 24.1 Å². The maximum Gasteiger partial charge on any atom is 0.257 e. The Morgan fingerprint density at radius 1 is 1.23 bits per heavy atom. The van der Waals surface area contributed by atoms with Crippen LogP contribution in [0.5, 0.6) is 5.75 Å². The second-order valence-corrected chi connectivity index (χ2v) is 5.42. The van der Waals surface area contributed by atoms with Crippen molar-refractivity contribution in [3.05, 3.63) is 48.3 Å². The molecule has 5 nitrogen and oxygen atoms in total. The Kier molecular flexibility index (Phi) is 5.36. The Morgan fingerprint density at radius 2 is 2.05 bits per heavy atom. The summed E-state index contributed by atoms with van der Waals surface area (Å²) in [5.41, 5.74) is 2.04. The first-order chi connectivity index (χ1) is 10.6. The number of anilines is 2. The van der Waals surface area contributed by atoms with E-state index >= 15 is 0 Å². The molecule has 2 N–H and O–H groups in total. The van der Waals surface area contributed by atoms with Gasteiger partial charge in [-0.25, -0.2) is 0 Å². The standard InChI is InChI=1S/C17H21N3O2/c1-12(2)9-19-15-7-13(10-18-11-15)17(21)20-14-5-4-6-16(8-14)22-3/h4-8,10-12,19H,9H2,1-3H3,(H,20,21). The third kappa shape index (κ3) is 4.48. The van der Waals surface area contributed by atoms with Crippen LogP contribution in [-0.4, -0.2) is 24.5 Å². The van der Waals surface area contributed by atoms with E-state index in [4.69, 9.17) is 4.74 Å². The first-order valence-electron chi connectivity index (χ1n) is 7.23. The number of methoxy groups -OCH3 is 1. The van der Waals surface area contributed by atoms with Crippen LogP contribution in [0.4, 0.5) is 11.4 Å². The molecule has 0 spiro atoms. The lowest BCUT2D eigenvalue weighted by Crippen LogP contribution is -2.13. The first kappa shape index (κ1) is 15.8. The van der Waals surface area contributed by atoms with E-state index in [1.165, 1.54) is 0 Å². The molecular formula is C17H21N3O2. The smallest absolute Gasteiger partial charge is 0.257 e. The van der Waals surface area contributed by atoms with Crippen LogP contribution in [0.3, 0.4) is 0 Å². The van der Waals surface area contributed by atoms with Crippen LogP contribution in [0, 0.1) is 5.92 Å². The summed E-state index contributed by atoms with van der Waals surface area (Å²) in [6.45, 7) is 5.09. The average Bonchev–Trinajstić information content (AvgIpc) is 2.53. The minimum Gasteiger partial charge on any atom is -0.497 e. The van der Waals surface area contributed by atoms with Crippen LogP contribution in [0.25, 0.3) is 0 Å². The van der Waals surface area contributed by atoms with Gasteiger partial charge in [-0.15, -0.1) is 0 Å². The molecule has 0 aliphatic rings. The van der Waals surface area contributed by atoms with Gasteiger partial charge in [0.1, 0.15) is 5.75 Å². The predicted octanol–water partition coefficient (Wildman–Crippen LogP) is 3.41. The molecule has 0 unspecified atom stereocenters. The Labute approximate surface area is 130 Å². The number of ether oxygens (including phenoxy) is 1. The van der Waals surface area contributed by atoms with Crippen molar-refractivity contribution >= 4 is 17.3 Å². The number of rotatable bonds is 6. The van der Waals surface area contributed by atoms with Crippen molar-refractivity contribution in [1.82, 2.24) is 4.98 Å². The monoisotopic (exact) mass is 299 g/mol. The Hall–Kier alpha value is -2.56. The van der Waals surface area contributed by atoms with E-state index in [9.17, 15) is 4.79 Å². The number of hydrogen-bond acceptors (Lipinski definition) is 4. The van der Waals surface area contributed by atoms with Crippen molar-refractivity contribution in [3.63, 3.8) is 0 Å². The van der Waals surface area contributed by atoms with Crippen LogP contribution >= 0.6 is 0 Å². The van der Waals surface area contributed by atoms with Crippen LogP contribution in [0.2, 0.25) is 0 Å². The molecule has 0 atom stereocenters. The molecule has 22 heavy (non-hydrogen) atoms. The molecule has 0 aliphatic heterocycles. The van der Waals surface area contributed by atoms with Crippen molar-refractivity contribution in [1.29, 1.82) is 0 Å². The van der Waals surface area contributed by atoms with Crippen molar-refractivity contribution in [2.24, 2.45) is 5.92 Å². The lowest BCUT2D eigenvalue weighted by Gasteiger charge is -2.10. The van der Waals surface area contributed by atoms with E-state index in [1.807, 2.05) is 18.2 Å². The van der Waals surface area contributed by atoms with Gasteiger partial charge in [0.2, 0.25) is 0 Å². The average molecular weight is 299 g/mol. The minimum atomic E-state index is -0.200. The summed E-state index contributed by atoms with van der Waals surface area (Å²) in [4.78, 5) is 16.4. The topological polar surface area (TPSA) is 63.2 Å². The number of amides is 1. The zero-order chi connectivity index (χ0) is 15.9. The molecule has 116 valence electrons. The Bertz CT molecular complexity index is 641. The van der Waals surface area contributed by atoms with Gasteiger partial charge in [0.05, 0.1) is 18.4 Å². The number of aromatic nitrogens is 1. The number of benzene rings is 1. The molecule has 0 aliphatic carbocycles. The molecule has 5 heteroatoms. The third-order valence-electron chi connectivity index (χ3n) is 3.04. The van der Waals surface area contributed by atoms with Gasteiger partial charge in [0, 0.05) is 30.7 Å². The summed E-state index contributed by atoms with van der Waals surface area (Å²) < 4.78 is 5.14. The zero-order valence-electron chi connectivity index (χ0n) is 13.1. The highest BCUT2D eigenvalue weighted by Crippen LogP contribution is 2.18. The van der Waals surface area contributed by atoms with Gasteiger partial charge in [-0.3, -0.25) is 9.78 Å². The molecule has 1 aromatic heterocycles. The molecule has 2 rings (SSSR count). The fourth-order valence-electron chi connectivity index (χ4n) is 1.89. The summed E-state index contributed by atoms with van der Waals surface area (Å²) in [5, 5.41) is 6.10. The summed E-state index contributed by atoms with van der Waals surface area (Å²) in [6.07, 6.45) is 3.26. The minimum absolute atomic E-state index is 0.200. The van der Waals surface area contributed by atoms with Crippen LogP contribution in [0.1, 0.15) is 24.2 Å². The third-order valence-corrected chi connectivity index (χ3v) is 3.04. The van der Waals surface area contributed by atoms with Crippen molar-refractivity contribution in [2.75, 3.05) is 24.3 Å². The maximum absolute atomic E-state index is 12.3. The summed E-state index contributed by atoms with van der Waals surface area (Å²) in [6, 6.07) is 9.03. The van der Waals surface area contributed by atoms with E-state index in [0.717, 1.165) is 12.2 Å². The number of nitrogens with zero attached hydrogens (tertiary/aromatic N) is 1. The molecule has 1 heterocycles.